The summed E-state index contributed by atoms with van der Waals surface area (Å²) in [5.41, 5.74) is 2.42. The number of hydrogen-bond donors (Lipinski definition) is 1. The molecular weight excluding hydrogens is 318 g/mol. The van der Waals surface area contributed by atoms with E-state index in [9.17, 15) is 18.4 Å². The maximum absolute atomic E-state index is 13.8. The van der Waals surface area contributed by atoms with Crippen molar-refractivity contribution >= 4 is 11.9 Å². The fourth-order valence-corrected chi connectivity index (χ4v) is 4.71. The zero-order valence-electron chi connectivity index (χ0n) is 14.1. The van der Waals surface area contributed by atoms with Gasteiger partial charge in [-0.3, -0.25) is 4.79 Å². The van der Waals surface area contributed by atoms with Gasteiger partial charge in [-0.05, 0) is 55.8 Å². The molecule has 0 aromatic heterocycles. The first-order valence-corrected chi connectivity index (χ1v) is 8.71. The van der Waals surface area contributed by atoms with Crippen LogP contribution in [0, 0.1) is 23.7 Å². The Balaban J connectivity index is 1.67. The van der Waals surface area contributed by atoms with Crippen LogP contribution < -0.4 is 0 Å². The van der Waals surface area contributed by atoms with Crippen molar-refractivity contribution in [3.63, 3.8) is 0 Å². The number of ether oxygens (including phenoxy) is 1. The van der Waals surface area contributed by atoms with E-state index in [1.54, 1.807) is 13.8 Å². The number of alkyl halides is 2. The highest BCUT2D eigenvalue weighted by Gasteiger charge is 2.51. The normalized spacial score (nSPS) is 29.5. The fraction of sp³-hybridized carbons (Fsp3) is 0.778. The molecule has 24 heavy (non-hydrogen) atoms. The number of carboxylic acid groups (broad SMARTS) is 1. The molecule has 0 spiro atoms. The SMILES string of the molecule is CC(C)CC(OC(=O)CC1=C2C3CC(C1)CC2C3)C(F)(F)C(=O)O. The fourth-order valence-electron chi connectivity index (χ4n) is 4.71. The second-order valence-corrected chi connectivity index (χ2v) is 7.94. The predicted molar refractivity (Wildman–Crippen MR) is 82.5 cm³/mol. The topological polar surface area (TPSA) is 63.6 Å². The predicted octanol–water partition coefficient (Wildman–Crippen LogP) is 3.80. The van der Waals surface area contributed by atoms with Crippen LogP contribution in [0.4, 0.5) is 8.78 Å². The Hall–Kier alpha value is -1.46. The molecule has 3 atom stereocenters. The van der Waals surface area contributed by atoms with Gasteiger partial charge in [-0.1, -0.05) is 25.0 Å². The number of aliphatic carboxylic acids is 1. The molecule has 0 aromatic rings. The quantitative estimate of drug-likeness (QED) is 0.565. The molecular formula is C18H24F2O4. The van der Waals surface area contributed by atoms with Crippen molar-refractivity contribution in [2.45, 2.75) is 64.4 Å². The number of carbonyl (C=O) groups excluding carboxylic acids is 1. The molecule has 5 rings (SSSR count). The lowest BCUT2D eigenvalue weighted by Crippen LogP contribution is -2.45. The van der Waals surface area contributed by atoms with Gasteiger partial charge in [-0.25, -0.2) is 4.79 Å². The average Bonchev–Trinajstić information content (AvgIpc) is 2.45. The summed E-state index contributed by atoms with van der Waals surface area (Å²) >= 11 is 0. The monoisotopic (exact) mass is 342 g/mol. The summed E-state index contributed by atoms with van der Waals surface area (Å²) in [5, 5.41) is 8.73. The molecule has 0 radical (unpaired) electrons. The summed E-state index contributed by atoms with van der Waals surface area (Å²) in [7, 11) is 0. The van der Waals surface area contributed by atoms with Crippen LogP contribution in [0.3, 0.4) is 0 Å². The first-order valence-electron chi connectivity index (χ1n) is 8.71. The minimum Gasteiger partial charge on any atom is -0.477 e. The lowest BCUT2D eigenvalue weighted by atomic mass is 9.51. The molecule has 5 aliphatic carbocycles. The van der Waals surface area contributed by atoms with E-state index in [1.165, 1.54) is 24.8 Å². The maximum Gasteiger partial charge on any atom is 0.378 e. The highest BCUT2D eigenvalue weighted by molar-refractivity contribution is 5.78. The molecule has 134 valence electrons. The van der Waals surface area contributed by atoms with Crippen LogP contribution in [0.5, 0.6) is 0 Å². The summed E-state index contributed by atoms with van der Waals surface area (Å²) in [5.74, 6) is -5.47. The molecule has 3 saturated carbocycles. The molecule has 3 fully saturated rings. The zero-order valence-corrected chi connectivity index (χ0v) is 14.1. The lowest BCUT2D eigenvalue weighted by Gasteiger charge is -2.54. The average molecular weight is 342 g/mol. The number of esters is 1. The van der Waals surface area contributed by atoms with Crippen molar-refractivity contribution in [1.29, 1.82) is 0 Å². The Kier molecular flexibility index (Phi) is 4.43. The largest absolute Gasteiger partial charge is 0.477 e. The molecule has 4 nitrogen and oxygen atoms in total. The first kappa shape index (κ1) is 17.4. The molecule has 5 aliphatic rings. The summed E-state index contributed by atoms with van der Waals surface area (Å²) in [6.07, 6.45) is 2.38. The molecule has 0 saturated heterocycles. The first-order chi connectivity index (χ1) is 11.2. The van der Waals surface area contributed by atoms with E-state index < -0.39 is 24.0 Å². The van der Waals surface area contributed by atoms with Crippen LogP contribution in [0.25, 0.3) is 0 Å². The second-order valence-electron chi connectivity index (χ2n) is 7.94. The van der Waals surface area contributed by atoms with E-state index in [0.29, 0.717) is 17.8 Å². The molecule has 0 amide bonds. The highest BCUT2D eigenvalue weighted by Crippen LogP contribution is 2.59. The molecule has 1 N–H and O–H groups in total. The van der Waals surface area contributed by atoms with Gasteiger partial charge in [0.05, 0.1) is 6.42 Å². The smallest absolute Gasteiger partial charge is 0.378 e. The second kappa shape index (κ2) is 6.12. The van der Waals surface area contributed by atoms with E-state index in [2.05, 4.69) is 0 Å². The van der Waals surface area contributed by atoms with Crippen molar-refractivity contribution in [2.24, 2.45) is 23.7 Å². The van der Waals surface area contributed by atoms with Crippen LogP contribution in [0.2, 0.25) is 0 Å². The van der Waals surface area contributed by atoms with Crippen molar-refractivity contribution < 1.29 is 28.2 Å². The Morgan fingerprint density at radius 1 is 1.25 bits per heavy atom. The van der Waals surface area contributed by atoms with Crippen LogP contribution >= 0.6 is 0 Å². The van der Waals surface area contributed by atoms with Crippen LogP contribution in [0.15, 0.2) is 11.1 Å². The third-order valence-electron chi connectivity index (χ3n) is 5.63. The van der Waals surface area contributed by atoms with Crippen LogP contribution in [0.1, 0.15) is 52.4 Å². The van der Waals surface area contributed by atoms with Crippen molar-refractivity contribution in [2.75, 3.05) is 0 Å². The Morgan fingerprint density at radius 2 is 1.88 bits per heavy atom. The van der Waals surface area contributed by atoms with Gasteiger partial charge < -0.3 is 9.84 Å². The van der Waals surface area contributed by atoms with Crippen molar-refractivity contribution in [3.05, 3.63) is 11.1 Å². The molecule has 0 aliphatic heterocycles. The summed E-state index contributed by atoms with van der Waals surface area (Å²) in [6, 6.07) is 0. The third-order valence-corrected chi connectivity index (χ3v) is 5.63. The molecule has 0 aromatic carbocycles. The Labute approximate surface area is 140 Å². The Morgan fingerprint density at radius 3 is 2.38 bits per heavy atom. The number of allylic oxidation sites excluding steroid dienone is 1. The highest BCUT2D eigenvalue weighted by atomic mass is 19.3. The van der Waals surface area contributed by atoms with Crippen LogP contribution in [-0.4, -0.2) is 29.1 Å². The van der Waals surface area contributed by atoms with Gasteiger partial charge >= 0.3 is 17.9 Å². The summed E-state index contributed by atoms with van der Waals surface area (Å²) in [4.78, 5) is 23.0. The van der Waals surface area contributed by atoms with Gasteiger partial charge in [0.2, 0.25) is 0 Å². The lowest BCUT2D eigenvalue weighted by molar-refractivity contribution is -0.195. The minimum absolute atomic E-state index is 0.0309. The number of halogens is 2. The molecule has 3 unspecified atom stereocenters. The van der Waals surface area contributed by atoms with E-state index in [1.807, 2.05) is 0 Å². The maximum atomic E-state index is 13.8. The van der Waals surface area contributed by atoms with Crippen LogP contribution in [-0.2, 0) is 14.3 Å². The van der Waals surface area contributed by atoms with Gasteiger partial charge in [-0.2, -0.15) is 8.78 Å². The van der Waals surface area contributed by atoms with E-state index in [4.69, 9.17) is 9.84 Å². The standard InChI is InChI=1S/C18H24F2O4/c1-9(2)3-14(18(19,20)17(22)23)24-15(21)8-13-6-10-4-11-7-12(5-10)16(11)13/h9-12,14H,3-8H2,1-2H3,(H,22,23). The summed E-state index contributed by atoms with van der Waals surface area (Å²) < 4.78 is 32.6. The number of carboxylic acids is 1. The minimum atomic E-state index is -4.06. The van der Waals surface area contributed by atoms with Gasteiger partial charge in [0.15, 0.2) is 6.10 Å². The summed E-state index contributed by atoms with van der Waals surface area (Å²) in [6.45, 7) is 3.38. The van der Waals surface area contributed by atoms with Gasteiger partial charge in [0.25, 0.3) is 0 Å². The number of carbonyl (C=O) groups is 2. The van der Waals surface area contributed by atoms with Gasteiger partial charge in [-0.15, -0.1) is 0 Å². The number of rotatable bonds is 7. The molecule has 0 heterocycles. The number of hydrogen-bond acceptors (Lipinski definition) is 3. The van der Waals surface area contributed by atoms with Crippen molar-refractivity contribution in [1.82, 2.24) is 0 Å². The van der Waals surface area contributed by atoms with E-state index >= 15 is 0 Å². The zero-order chi connectivity index (χ0) is 17.6. The van der Waals surface area contributed by atoms with Gasteiger partial charge in [0, 0.05) is 0 Å². The van der Waals surface area contributed by atoms with Gasteiger partial charge in [0.1, 0.15) is 0 Å². The van der Waals surface area contributed by atoms with E-state index in [0.717, 1.165) is 12.0 Å². The number of fused-ring (bicyclic) bond motifs is 1. The molecule has 4 bridgehead atoms. The van der Waals surface area contributed by atoms with Crippen molar-refractivity contribution in [3.8, 4) is 0 Å². The molecule has 6 heteroatoms. The Bertz CT molecular complexity index is 568. The third kappa shape index (κ3) is 3.07. The van der Waals surface area contributed by atoms with E-state index in [-0.39, 0.29) is 18.8 Å².